The molecule has 124 valence electrons. The molecule has 0 saturated heterocycles. The van der Waals surface area contributed by atoms with Gasteiger partial charge in [-0.1, -0.05) is 57.2 Å². The third kappa shape index (κ3) is 2.29. The largest absolute Gasteiger partial charge is 0.348 e. The molecule has 1 aliphatic rings. The highest BCUT2D eigenvalue weighted by Gasteiger charge is 2.63. The maximum atomic E-state index is 12.9. The van der Waals surface area contributed by atoms with E-state index in [1.54, 1.807) is 0 Å². The molecule has 1 amide bonds. The first kappa shape index (κ1) is 16.5. The average molecular weight is 320 g/mol. The number of carbonyl (C=O) groups excluding carboxylic acids is 1. The number of nitrogens with zero attached hydrogens (tertiary/aromatic N) is 1. The van der Waals surface area contributed by atoms with Crippen molar-refractivity contribution in [3.63, 3.8) is 0 Å². The van der Waals surface area contributed by atoms with Gasteiger partial charge in [0.05, 0.1) is 12.1 Å². The Hall–Kier alpha value is -2.34. The van der Waals surface area contributed by atoms with Gasteiger partial charge in [-0.15, -0.1) is 0 Å². The molecule has 0 aliphatic heterocycles. The van der Waals surface area contributed by atoms with E-state index < -0.39 is 5.41 Å². The second kappa shape index (κ2) is 5.63. The zero-order valence-electron chi connectivity index (χ0n) is 14.8. The van der Waals surface area contributed by atoms with Crippen LogP contribution in [0.4, 0.5) is 0 Å². The number of rotatable bonds is 3. The number of fused-ring (bicyclic) bond motifs is 1. The summed E-state index contributed by atoms with van der Waals surface area (Å²) in [7, 11) is 0. The SMILES string of the molecule is CC1CC(C#N)(C(=O)N[C@H](C)c2ccc3ccccc3c2)C1(C)C. The zero-order valence-corrected chi connectivity index (χ0v) is 14.8. The molecule has 0 aromatic heterocycles. The van der Waals surface area contributed by atoms with Crippen molar-refractivity contribution >= 4 is 16.7 Å². The molecule has 2 aromatic rings. The topological polar surface area (TPSA) is 52.9 Å². The molecular weight excluding hydrogens is 296 g/mol. The lowest BCUT2D eigenvalue weighted by molar-refractivity contribution is -0.152. The maximum Gasteiger partial charge on any atom is 0.241 e. The van der Waals surface area contributed by atoms with Gasteiger partial charge in [0, 0.05) is 0 Å². The monoisotopic (exact) mass is 320 g/mol. The van der Waals surface area contributed by atoms with E-state index in [0.717, 1.165) is 10.9 Å². The molecule has 0 radical (unpaired) electrons. The molecule has 1 saturated carbocycles. The Bertz CT molecular complexity index is 833. The van der Waals surface area contributed by atoms with Gasteiger partial charge >= 0.3 is 0 Å². The van der Waals surface area contributed by atoms with Gasteiger partial charge in [-0.25, -0.2) is 0 Å². The molecule has 3 heteroatoms. The van der Waals surface area contributed by atoms with E-state index in [0.29, 0.717) is 12.3 Å². The molecule has 0 spiro atoms. The maximum absolute atomic E-state index is 12.9. The summed E-state index contributed by atoms with van der Waals surface area (Å²) in [6, 6.07) is 16.6. The van der Waals surface area contributed by atoms with Crippen LogP contribution in [0.2, 0.25) is 0 Å². The highest BCUT2D eigenvalue weighted by molar-refractivity contribution is 5.88. The summed E-state index contributed by atoms with van der Waals surface area (Å²) in [5.41, 5.74) is -0.160. The molecule has 2 aromatic carbocycles. The number of nitrogens with one attached hydrogen (secondary N) is 1. The first-order chi connectivity index (χ1) is 11.3. The van der Waals surface area contributed by atoms with Crippen molar-refractivity contribution in [1.82, 2.24) is 5.32 Å². The van der Waals surface area contributed by atoms with Crippen LogP contribution in [-0.2, 0) is 4.79 Å². The van der Waals surface area contributed by atoms with Gasteiger partial charge in [0.1, 0.15) is 5.41 Å². The lowest BCUT2D eigenvalue weighted by Gasteiger charge is -2.55. The van der Waals surface area contributed by atoms with E-state index in [1.807, 2.05) is 39.0 Å². The highest BCUT2D eigenvalue weighted by Crippen LogP contribution is 2.60. The van der Waals surface area contributed by atoms with Crippen molar-refractivity contribution in [2.75, 3.05) is 0 Å². The van der Waals surface area contributed by atoms with Crippen molar-refractivity contribution in [2.24, 2.45) is 16.7 Å². The van der Waals surface area contributed by atoms with Gasteiger partial charge in [-0.2, -0.15) is 5.26 Å². The summed E-state index contributed by atoms with van der Waals surface area (Å²) in [6.45, 7) is 8.12. The Kier molecular flexibility index (Phi) is 3.87. The van der Waals surface area contributed by atoms with Crippen LogP contribution in [0.15, 0.2) is 42.5 Å². The van der Waals surface area contributed by atoms with Crippen LogP contribution in [-0.4, -0.2) is 5.91 Å². The predicted molar refractivity (Wildman–Crippen MR) is 96.1 cm³/mol. The smallest absolute Gasteiger partial charge is 0.241 e. The molecule has 1 N–H and O–H groups in total. The van der Waals surface area contributed by atoms with Crippen molar-refractivity contribution in [2.45, 2.75) is 40.2 Å². The standard InChI is InChI=1S/C21H24N2O/c1-14-12-21(13-22,20(14,3)4)19(24)23-15(2)17-10-9-16-7-5-6-8-18(16)11-17/h5-11,14-15H,12H2,1-4H3,(H,23,24)/t14?,15-,21?/m1/s1. The van der Waals surface area contributed by atoms with Gasteiger partial charge in [-0.05, 0) is 47.1 Å². The Morgan fingerprint density at radius 2 is 1.92 bits per heavy atom. The van der Waals surface area contributed by atoms with Crippen molar-refractivity contribution in [3.8, 4) is 6.07 Å². The van der Waals surface area contributed by atoms with E-state index in [-0.39, 0.29) is 17.4 Å². The molecule has 24 heavy (non-hydrogen) atoms. The van der Waals surface area contributed by atoms with E-state index in [2.05, 4.69) is 42.6 Å². The van der Waals surface area contributed by atoms with Crippen LogP contribution in [0.1, 0.15) is 45.7 Å². The Morgan fingerprint density at radius 3 is 2.50 bits per heavy atom. The summed E-state index contributed by atoms with van der Waals surface area (Å²) in [5.74, 6) is 0.229. The quantitative estimate of drug-likeness (QED) is 0.899. The van der Waals surface area contributed by atoms with Crippen molar-refractivity contribution in [1.29, 1.82) is 5.26 Å². The Morgan fingerprint density at radius 1 is 1.25 bits per heavy atom. The van der Waals surface area contributed by atoms with Crippen LogP contribution < -0.4 is 5.32 Å². The minimum absolute atomic E-state index is 0.126. The molecule has 3 nitrogen and oxygen atoms in total. The second-order valence-electron chi connectivity index (χ2n) is 7.65. The van der Waals surface area contributed by atoms with Gasteiger partial charge in [0.2, 0.25) is 5.91 Å². The van der Waals surface area contributed by atoms with Crippen LogP contribution in [0.3, 0.4) is 0 Å². The number of benzene rings is 2. The fourth-order valence-electron chi connectivity index (χ4n) is 3.77. The Balaban J connectivity index is 1.82. The van der Waals surface area contributed by atoms with Gasteiger partial charge in [0.25, 0.3) is 0 Å². The molecular formula is C21H24N2O. The van der Waals surface area contributed by atoms with Gasteiger partial charge < -0.3 is 5.32 Å². The zero-order chi connectivity index (χ0) is 17.5. The normalized spacial score (nSPS) is 26.2. The van der Waals surface area contributed by atoms with E-state index >= 15 is 0 Å². The van der Waals surface area contributed by atoms with Crippen LogP contribution in [0, 0.1) is 28.1 Å². The predicted octanol–water partition coefficient (Wildman–Crippen LogP) is 4.59. The third-order valence-electron chi connectivity index (χ3n) is 6.14. The first-order valence-corrected chi connectivity index (χ1v) is 8.53. The van der Waals surface area contributed by atoms with E-state index in [1.165, 1.54) is 5.39 Å². The fraction of sp³-hybridized carbons (Fsp3) is 0.429. The minimum Gasteiger partial charge on any atom is -0.348 e. The summed E-state index contributed by atoms with van der Waals surface area (Å²) < 4.78 is 0. The van der Waals surface area contributed by atoms with Gasteiger partial charge in [0.15, 0.2) is 0 Å². The van der Waals surface area contributed by atoms with E-state index in [9.17, 15) is 10.1 Å². The lowest BCUT2D eigenvalue weighted by Crippen LogP contribution is -2.61. The number of carbonyl (C=O) groups is 1. The molecule has 2 unspecified atom stereocenters. The minimum atomic E-state index is -0.919. The summed E-state index contributed by atoms with van der Waals surface area (Å²) in [4.78, 5) is 12.9. The van der Waals surface area contributed by atoms with Crippen LogP contribution in [0.25, 0.3) is 10.8 Å². The summed E-state index contributed by atoms with van der Waals surface area (Å²) >= 11 is 0. The van der Waals surface area contributed by atoms with Crippen LogP contribution >= 0.6 is 0 Å². The first-order valence-electron chi connectivity index (χ1n) is 8.53. The van der Waals surface area contributed by atoms with Crippen molar-refractivity contribution in [3.05, 3.63) is 48.0 Å². The van der Waals surface area contributed by atoms with Gasteiger partial charge in [-0.3, -0.25) is 4.79 Å². The highest BCUT2D eigenvalue weighted by atomic mass is 16.2. The lowest BCUT2D eigenvalue weighted by atomic mass is 9.46. The molecule has 0 bridgehead atoms. The number of amides is 1. The molecule has 0 heterocycles. The Labute approximate surface area is 143 Å². The number of nitriles is 1. The molecule has 3 atom stereocenters. The number of hydrogen-bond donors (Lipinski definition) is 1. The van der Waals surface area contributed by atoms with E-state index in [4.69, 9.17) is 0 Å². The molecule has 1 aliphatic carbocycles. The number of hydrogen-bond acceptors (Lipinski definition) is 2. The van der Waals surface area contributed by atoms with Crippen LogP contribution in [0.5, 0.6) is 0 Å². The third-order valence-corrected chi connectivity index (χ3v) is 6.14. The molecule has 3 rings (SSSR count). The fourth-order valence-corrected chi connectivity index (χ4v) is 3.77. The second-order valence-corrected chi connectivity index (χ2v) is 7.65. The summed E-state index contributed by atoms with van der Waals surface area (Å²) in [6.07, 6.45) is 0.632. The summed E-state index contributed by atoms with van der Waals surface area (Å²) in [5, 5.41) is 15.1. The average Bonchev–Trinajstić information content (AvgIpc) is 2.58. The molecule has 1 fully saturated rings. The van der Waals surface area contributed by atoms with Crippen molar-refractivity contribution < 1.29 is 4.79 Å².